The monoisotopic (exact) mass is 312 g/mol. The molecular formula is C9H14Br2O2. The summed E-state index contributed by atoms with van der Waals surface area (Å²) in [6.07, 6.45) is 0.743. The number of hydrogen-bond donors (Lipinski definition) is 0. The lowest BCUT2D eigenvalue weighted by atomic mass is 9.81. The number of Topliss-reactive ketones (excluding diaryl/α,β-unsaturated/α-hetero) is 2. The van der Waals surface area contributed by atoms with E-state index in [1.54, 1.807) is 20.8 Å². The van der Waals surface area contributed by atoms with Gasteiger partial charge in [0.05, 0.1) is 9.15 Å². The quantitative estimate of drug-likeness (QED) is 0.577. The molecule has 0 rings (SSSR count). The first kappa shape index (κ1) is 13.3. The van der Waals surface area contributed by atoms with Crippen molar-refractivity contribution in [2.24, 2.45) is 5.41 Å². The maximum Gasteiger partial charge on any atom is 0.147 e. The summed E-state index contributed by atoms with van der Waals surface area (Å²) in [6, 6.07) is 0. The molecule has 0 spiro atoms. The van der Waals surface area contributed by atoms with Crippen LogP contribution in [0, 0.1) is 5.41 Å². The van der Waals surface area contributed by atoms with Crippen molar-refractivity contribution in [1.29, 1.82) is 0 Å². The molecular weight excluding hydrogens is 300 g/mol. The largest absolute Gasteiger partial charge is 0.299 e. The van der Waals surface area contributed by atoms with Crippen molar-refractivity contribution in [1.82, 2.24) is 0 Å². The summed E-state index contributed by atoms with van der Waals surface area (Å²) >= 11 is 6.45. The third kappa shape index (κ3) is 3.90. The van der Waals surface area contributed by atoms with Gasteiger partial charge in [0.15, 0.2) is 0 Å². The second kappa shape index (κ2) is 5.25. The van der Waals surface area contributed by atoms with Crippen LogP contribution in [0.1, 0.15) is 33.6 Å². The minimum absolute atomic E-state index is 0.00171. The maximum absolute atomic E-state index is 11.6. The van der Waals surface area contributed by atoms with Gasteiger partial charge in [-0.3, -0.25) is 9.59 Å². The van der Waals surface area contributed by atoms with E-state index in [1.807, 2.05) is 0 Å². The molecule has 0 atom stereocenters. The smallest absolute Gasteiger partial charge is 0.147 e. The van der Waals surface area contributed by atoms with Gasteiger partial charge in [0, 0.05) is 12.8 Å². The molecule has 13 heavy (non-hydrogen) atoms. The van der Waals surface area contributed by atoms with Crippen LogP contribution in [0.2, 0.25) is 0 Å². The van der Waals surface area contributed by atoms with Crippen LogP contribution in [0.25, 0.3) is 0 Å². The van der Waals surface area contributed by atoms with Gasteiger partial charge in [-0.25, -0.2) is 0 Å². The molecule has 0 aliphatic heterocycles. The van der Waals surface area contributed by atoms with Crippen LogP contribution in [0.4, 0.5) is 0 Å². The van der Waals surface area contributed by atoms with Gasteiger partial charge in [0.1, 0.15) is 11.6 Å². The van der Waals surface area contributed by atoms with Crippen LogP contribution >= 0.6 is 31.9 Å². The van der Waals surface area contributed by atoms with Crippen LogP contribution in [-0.4, -0.2) is 15.3 Å². The summed E-state index contributed by atoms with van der Waals surface area (Å²) in [7, 11) is 0. The normalized spacial score (nSPS) is 11.8. The van der Waals surface area contributed by atoms with Crippen molar-refractivity contribution in [3.8, 4) is 0 Å². The summed E-state index contributed by atoms with van der Waals surface area (Å²) in [4.78, 5) is 23.0. The van der Waals surface area contributed by atoms with E-state index in [0.29, 0.717) is 12.8 Å². The van der Waals surface area contributed by atoms with E-state index < -0.39 is 5.41 Å². The fourth-order valence-corrected chi connectivity index (χ4v) is 1.58. The molecule has 2 nitrogen and oxygen atoms in total. The molecule has 0 fully saturated rings. The molecule has 0 aliphatic carbocycles. The Bertz CT molecular complexity index is 210. The number of carbonyl (C=O) groups excluding carboxylic acids is 2. The van der Waals surface area contributed by atoms with Gasteiger partial charge in [-0.15, -0.1) is 0 Å². The van der Waals surface area contributed by atoms with Gasteiger partial charge in [-0.05, 0) is 13.8 Å². The Morgan fingerprint density at radius 1 is 1.23 bits per heavy atom. The Hall–Kier alpha value is 0.300. The van der Waals surface area contributed by atoms with Gasteiger partial charge in [-0.1, -0.05) is 38.8 Å². The van der Waals surface area contributed by atoms with E-state index >= 15 is 0 Å². The Balaban J connectivity index is 4.45. The van der Waals surface area contributed by atoms with Crippen molar-refractivity contribution < 1.29 is 9.59 Å². The standard InChI is InChI=1S/C9H14Br2O2/c1-4-6(12)9(2,3)7(13)5-8(10)11/h8H,4-5H2,1-3H3. The predicted molar refractivity (Wildman–Crippen MR) is 60.3 cm³/mol. The molecule has 0 aromatic heterocycles. The zero-order valence-electron chi connectivity index (χ0n) is 8.06. The summed E-state index contributed by atoms with van der Waals surface area (Å²) < 4.78 is -0.0450. The van der Waals surface area contributed by atoms with Crippen LogP contribution in [-0.2, 0) is 9.59 Å². The van der Waals surface area contributed by atoms with Gasteiger partial charge >= 0.3 is 0 Å². The highest BCUT2D eigenvalue weighted by atomic mass is 79.9. The topological polar surface area (TPSA) is 34.1 Å². The van der Waals surface area contributed by atoms with Gasteiger partial charge < -0.3 is 0 Å². The zero-order chi connectivity index (χ0) is 10.6. The number of hydrogen-bond acceptors (Lipinski definition) is 2. The molecule has 0 saturated heterocycles. The third-order valence-electron chi connectivity index (χ3n) is 2.06. The number of carbonyl (C=O) groups is 2. The fourth-order valence-electron chi connectivity index (χ4n) is 0.993. The minimum Gasteiger partial charge on any atom is -0.299 e. The summed E-state index contributed by atoms with van der Waals surface area (Å²) in [6.45, 7) is 5.14. The summed E-state index contributed by atoms with van der Waals surface area (Å²) in [5, 5.41) is 0. The highest BCUT2D eigenvalue weighted by Crippen LogP contribution is 2.25. The Kier molecular flexibility index (Phi) is 5.37. The first-order valence-corrected chi connectivity index (χ1v) is 6.00. The lowest BCUT2D eigenvalue weighted by Crippen LogP contribution is -2.33. The highest BCUT2D eigenvalue weighted by Gasteiger charge is 2.34. The van der Waals surface area contributed by atoms with E-state index in [2.05, 4.69) is 31.9 Å². The molecule has 4 heteroatoms. The van der Waals surface area contributed by atoms with Crippen molar-refractivity contribution in [3.63, 3.8) is 0 Å². The number of halogens is 2. The Labute approximate surface area is 95.7 Å². The first-order chi connectivity index (χ1) is 5.82. The Morgan fingerprint density at radius 3 is 2.00 bits per heavy atom. The zero-order valence-corrected chi connectivity index (χ0v) is 11.2. The number of rotatable bonds is 5. The molecule has 76 valence electrons. The van der Waals surface area contributed by atoms with Crippen LogP contribution in [0.3, 0.4) is 0 Å². The second-order valence-electron chi connectivity index (χ2n) is 3.42. The summed E-state index contributed by atoms with van der Waals surface area (Å²) in [5.74, 6) is -0.0312. The van der Waals surface area contributed by atoms with E-state index in [9.17, 15) is 9.59 Å². The van der Waals surface area contributed by atoms with Crippen molar-refractivity contribution in [2.45, 2.75) is 37.3 Å². The molecule has 0 amide bonds. The average molecular weight is 314 g/mol. The molecule has 0 bridgehead atoms. The first-order valence-electron chi connectivity index (χ1n) is 4.17. The number of alkyl halides is 2. The van der Waals surface area contributed by atoms with Gasteiger partial charge in [0.25, 0.3) is 0 Å². The highest BCUT2D eigenvalue weighted by molar-refractivity contribution is 9.24. The van der Waals surface area contributed by atoms with E-state index in [0.717, 1.165) is 0 Å². The van der Waals surface area contributed by atoms with Crippen LogP contribution in [0.5, 0.6) is 0 Å². The summed E-state index contributed by atoms with van der Waals surface area (Å²) in [5.41, 5.74) is -0.839. The second-order valence-corrected chi connectivity index (χ2v) is 6.86. The minimum atomic E-state index is -0.839. The SMILES string of the molecule is CCC(=O)C(C)(C)C(=O)CC(Br)Br. The molecule has 0 saturated carbocycles. The van der Waals surface area contributed by atoms with Crippen molar-refractivity contribution >= 4 is 43.4 Å². The van der Waals surface area contributed by atoms with E-state index in [-0.39, 0.29) is 15.3 Å². The van der Waals surface area contributed by atoms with E-state index in [1.165, 1.54) is 0 Å². The van der Waals surface area contributed by atoms with Crippen molar-refractivity contribution in [2.75, 3.05) is 0 Å². The average Bonchev–Trinajstić information content (AvgIpc) is 2.01. The predicted octanol–water partition coefficient (Wildman–Crippen LogP) is 3.07. The molecule has 0 aromatic carbocycles. The molecule has 0 N–H and O–H groups in total. The molecule has 0 radical (unpaired) electrons. The van der Waals surface area contributed by atoms with Gasteiger partial charge in [0.2, 0.25) is 0 Å². The molecule has 0 aromatic rings. The lowest BCUT2D eigenvalue weighted by Gasteiger charge is -2.21. The molecule has 0 heterocycles. The lowest BCUT2D eigenvalue weighted by molar-refractivity contribution is -0.138. The number of ketones is 2. The fraction of sp³-hybridized carbons (Fsp3) is 0.778. The van der Waals surface area contributed by atoms with Gasteiger partial charge in [-0.2, -0.15) is 0 Å². The van der Waals surface area contributed by atoms with Crippen molar-refractivity contribution in [3.05, 3.63) is 0 Å². The van der Waals surface area contributed by atoms with Crippen LogP contribution in [0.15, 0.2) is 0 Å². The molecule has 0 unspecified atom stereocenters. The third-order valence-corrected chi connectivity index (χ3v) is 2.70. The maximum atomic E-state index is 11.6. The molecule has 0 aliphatic rings. The Morgan fingerprint density at radius 2 is 1.69 bits per heavy atom. The van der Waals surface area contributed by atoms with Crippen LogP contribution < -0.4 is 0 Å². The van der Waals surface area contributed by atoms with E-state index in [4.69, 9.17) is 0 Å².